The van der Waals surface area contributed by atoms with Crippen molar-refractivity contribution in [3.63, 3.8) is 0 Å². The highest BCUT2D eigenvalue weighted by molar-refractivity contribution is 5.79. The van der Waals surface area contributed by atoms with Gasteiger partial charge in [0.2, 0.25) is 5.88 Å². The topological polar surface area (TPSA) is 77.0 Å². The number of nitrogens with zero attached hydrogens (tertiary/aromatic N) is 2. The van der Waals surface area contributed by atoms with E-state index in [-0.39, 0.29) is 0 Å². The van der Waals surface area contributed by atoms with Crippen LogP contribution in [0.3, 0.4) is 0 Å². The number of hydrogen-bond donors (Lipinski definition) is 2. The van der Waals surface area contributed by atoms with Gasteiger partial charge in [0.05, 0.1) is 12.7 Å². The van der Waals surface area contributed by atoms with Crippen LogP contribution in [-0.4, -0.2) is 44.4 Å². The molecular weight excluding hydrogens is 392 g/mol. The van der Waals surface area contributed by atoms with Gasteiger partial charge in [-0.05, 0) is 49.8 Å². The number of aliphatic imine (C=N–C) groups is 1. The molecule has 1 heterocycles. The Morgan fingerprint density at radius 1 is 1.10 bits per heavy atom. The van der Waals surface area contributed by atoms with Crippen molar-refractivity contribution in [1.29, 1.82) is 0 Å². The molecule has 1 aromatic carbocycles. The van der Waals surface area contributed by atoms with Crippen LogP contribution in [0.5, 0.6) is 11.6 Å². The highest BCUT2D eigenvalue weighted by Gasteiger charge is 2.18. The molecule has 0 radical (unpaired) electrons. The van der Waals surface area contributed by atoms with Crippen molar-refractivity contribution in [2.24, 2.45) is 4.99 Å². The van der Waals surface area contributed by atoms with E-state index in [2.05, 4.69) is 45.7 Å². The molecule has 7 nitrogen and oxygen atoms in total. The summed E-state index contributed by atoms with van der Waals surface area (Å²) in [7, 11) is 3.42. The number of nitrogens with one attached hydrogen (secondary N) is 2. The van der Waals surface area contributed by atoms with E-state index in [1.807, 2.05) is 12.1 Å². The molecule has 2 N–H and O–H groups in total. The van der Waals surface area contributed by atoms with Crippen molar-refractivity contribution < 1.29 is 14.2 Å². The Bertz CT molecular complexity index is 833. The number of benzene rings is 1. The van der Waals surface area contributed by atoms with Gasteiger partial charge in [-0.15, -0.1) is 0 Å². The molecule has 2 aromatic rings. The van der Waals surface area contributed by atoms with E-state index in [0.29, 0.717) is 38.3 Å². The van der Waals surface area contributed by atoms with Crippen LogP contribution in [0.4, 0.5) is 0 Å². The smallest absolute Gasteiger partial charge is 0.213 e. The molecule has 0 unspecified atom stereocenters. The van der Waals surface area contributed by atoms with Crippen molar-refractivity contribution >= 4 is 5.96 Å². The first kappa shape index (κ1) is 22.9. The number of hydrogen-bond acceptors (Lipinski definition) is 5. The minimum absolute atomic E-state index is 0.340. The van der Waals surface area contributed by atoms with Crippen LogP contribution in [0.15, 0.2) is 41.5 Å². The highest BCUT2D eigenvalue weighted by Crippen LogP contribution is 2.27. The number of aryl methyl sites for hydroxylation is 1. The molecule has 31 heavy (non-hydrogen) atoms. The lowest BCUT2D eigenvalue weighted by Crippen LogP contribution is -2.36. The summed E-state index contributed by atoms with van der Waals surface area (Å²) in [6.07, 6.45) is 6.95. The van der Waals surface area contributed by atoms with Gasteiger partial charge in [-0.1, -0.05) is 18.2 Å². The predicted molar refractivity (Wildman–Crippen MR) is 123 cm³/mol. The van der Waals surface area contributed by atoms with Crippen LogP contribution in [0.25, 0.3) is 0 Å². The molecule has 1 aliphatic carbocycles. The van der Waals surface area contributed by atoms with Gasteiger partial charge >= 0.3 is 0 Å². The summed E-state index contributed by atoms with van der Waals surface area (Å²) in [6, 6.07) is 10.2. The monoisotopic (exact) mass is 426 g/mol. The lowest BCUT2D eigenvalue weighted by atomic mass is 10.1. The van der Waals surface area contributed by atoms with Crippen molar-refractivity contribution in [2.45, 2.75) is 51.8 Å². The van der Waals surface area contributed by atoms with Crippen LogP contribution >= 0.6 is 0 Å². The van der Waals surface area contributed by atoms with E-state index in [9.17, 15) is 0 Å². The fourth-order valence-electron chi connectivity index (χ4n) is 3.52. The summed E-state index contributed by atoms with van der Waals surface area (Å²) in [5, 5.41) is 6.72. The molecule has 168 valence electrons. The molecule has 1 aliphatic rings. The van der Waals surface area contributed by atoms with E-state index < -0.39 is 0 Å². The van der Waals surface area contributed by atoms with Gasteiger partial charge < -0.3 is 24.8 Å². The zero-order valence-corrected chi connectivity index (χ0v) is 18.8. The fourth-order valence-corrected chi connectivity index (χ4v) is 3.52. The van der Waals surface area contributed by atoms with Crippen molar-refractivity contribution in [2.75, 3.05) is 27.4 Å². The predicted octanol–water partition coefficient (Wildman–Crippen LogP) is 3.60. The third-order valence-electron chi connectivity index (χ3n) is 5.28. The van der Waals surface area contributed by atoms with Crippen LogP contribution in [0.2, 0.25) is 0 Å². The maximum absolute atomic E-state index is 6.30. The Balaban J connectivity index is 1.50. The number of pyridine rings is 1. The standard InChI is InChI=1S/C24H34N4O3/c1-18-8-10-20(22(14-18)31-21-6-4-5-7-21)17-28-24(25-2)27-16-19-9-11-23(26-15-19)30-13-12-29-3/h8-11,14-15,21H,4-7,12-13,16-17H2,1-3H3,(H2,25,27,28). The quantitative estimate of drug-likeness (QED) is 0.343. The Morgan fingerprint density at radius 3 is 2.61 bits per heavy atom. The second-order valence-electron chi connectivity index (χ2n) is 7.76. The minimum Gasteiger partial charge on any atom is -0.490 e. The largest absolute Gasteiger partial charge is 0.490 e. The van der Waals surface area contributed by atoms with Gasteiger partial charge in [0.25, 0.3) is 0 Å². The summed E-state index contributed by atoms with van der Waals surface area (Å²) in [5.41, 5.74) is 3.39. The maximum Gasteiger partial charge on any atom is 0.213 e. The fraction of sp³-hybridized carbons (Fsp3) is 0.500. The first-order chi connectivity index (χ1) is 15.2. The van der Waals surface area contributed by atoms with E-state index in [1.165, 1.54) is 18.4 Å². The van der Waals surface area contributed by atoms with Crippen LogP contribution in [0.1, 0.15) is 42.4 Å². The molecule has 0 saturated heterocycles. The SMILES string of the molecule is CN=C(NCc1ccc(OCCOC)nc1)NCc1ccc(C)cc1OC1CCCC1. The van der Waals surface area contributed by atoms with Gasteiger partial charge in [-0.3, -0.25) is 4.99 Å². The lowest BCUT2D eigenvalue weighted by Gasteiger charge is -2.18. The Kier molecular flexibility index (Phi) is 8.97. The first-order valence-electron chi connectivity index (χ1n) is 11.0. The van der Waals surface area contributed by atoms with Crippen LogP contribution in [-0.2, 0) is 17.8 Å². The first-order valence-corrected chi connectivity index (χ1v) is 11.0. The van der Waals surface area contributed by atoms with Gasteiger partial charge in [0.15, 0.2) is 5.96 Å². The summed E-state index contributed by atoms with van der Waals surface area (Å²) in [6.45, 7) is 4.39. The Morgan fingerprint density at radius 2 is 1.90 bits per heavy atom. The summed E-state index contributed by atoms with van der Waals surface area (Å²) < 4.78 is 16.8. The number of ether oxygens (including phenoxy) is 3. The molecular formula is C24H34N4O3. The maximum atomic E-state index is 6.30. The third kappa shape index (κ3) is 7.43. The van der Waals surface area contributed by atoms with Crippen LogP contribution in [0, 0.1) is 6.92 Å². The second kappa shape index (κ2) is 12.2. The number of methoxy groups -OCH3 is 1. The molecule has 1 fully saturated rings. The van der Waals surface area contributed by atoms with E-state index in [1.54, 1.807) is 20.4 Å². The third-order valence-corrected chi connectivity index (χ3v) is 5.28. The van der Waals surface area contributed by atoms with Crippen molar-refractivity contribution in [3.8, 4) is 11.6 Å². The molecule has 0 amide bonds. The average molecular weight is 427 g/mol. The second-order valence-corrected chi connectivity index (χ2v) is 7.76. The zero-order valence-electron chi connectivity index (χ0n) is 18.8. The molecule has 7 heteroatoms. The summed E-state index contributed by atoms with van der Waals surface area (Å²) in [5.74, 6) is 2.30. The minimum atomic E-state index is 0.340. The number of rotatable bonds is 10. The molecule has 1 aromatic heterocycles. The van der Waals surface area contributed by atoms with E-state index in [0.717, 1.165) is 35.7 Å². The molecule has 3 rings (SSSR count). The molecule has 0 aliphatic heterocycles. The van der Waals surface area contributed by atoms with Gasteiger partial charge in [-0.2, -0.15) is 0 Å². The van der Waals surface area contributed by atoms with E-state index >= 15 is 0 Å². The van der Waals surface area contributed by atoms with Gasteiger partial charge in [0, 0.05) is 45.1 Å². The van der Waals surface area contributed by atoms with Crippen LogP contribution < -0.4 is 20.1 Å². The highest BCUT2D eigenvalue weighted by atomic mass is 16.5. The van der Waals surface area contributed by atoms with Gasteiger partial charge in [0.1, 0.15) is 12.4 Å². The number of aromatic nitrogens is 1. The van der Waals surface area contributed by atoms with Crippen molar-refractivity contribution in [3.05, 3.63) is 53.2 Å². The Hall–Kier alpha value is -2.80. The van der Waals surface area contributed by atoms with Gasteiger partial charge in [-0.25, -0.2) is 4.98 Å². The molecule has 0 spiro atoms. The molecule has 0 atom stereocenters. The van der Waals surface area contributed by atoms with E-state index in [4.69, 9.17) is 14.2 Å². The normalized spacial score (nSPS) is 14.5. The average Bonchev–Trinajstić information content (AvgIpc) is 3.29. The Labute approximate surface area is 185 Å². The summed E-state index contributed by atoms with van der Waals surface area (Å²) >= 11 is 0. The number of guanidine groups is 1. The molecule has 1 saturated carbocycles. The summed E-state index contributed by atoms with van der Waals surface area (Å²) in [4.78, 5) is 8.65. The lowest BCUT2D eigenvalue weighted by molar-refractivity contribution is 0.143. The van der Waals surface area contributed by atoms with Crippen molar-refractivity contribution in [1.82, 2.24) is 15.6 Å². The zero-order chi connectivity index (χ0) is 21.9. The molecule has 0 bridgehead atoms.